The van der Waals surface area contributed by atoms with Gasteiger partial charge in [0.25, 0.3) is 0 Å². The fraction of sp³-hybridized carbons (Fsp3) is 0.500. The Morgan fingerprint density at radius 2 is 1.76 bits per heavy atom. The highest BCUT2D eigenvalue weighted by Gasteiger charge is 2.36. The van der Waals surface area contributed by atoms with Gasteiger partial charge in [0.05, 0.1) is 12.3 Å². The third-order valence-electron chi connectivity index (χ3n) is 7.22. The molecular formula is C30H38N2O6. The molecule has 1 amide bonds. The summed E-state index contributed by atoms with van der Waals surface area (Å²) in [7, 11) is 0. The summed E-state index contributed by atoms with van der Waals surface area (Å²) in [6, 6.07) is 15.0. The normalized spacial score (nSPS) is 18.6. The lowest BCUT2D eigenvalue weighted by atomic mass is 9.85. The van der Waals surface area contributed by atoms with E-state index in [1.54, 1.807) is 25.1 Å². The van der Waals surface area contributed by atoms with Crippen LogP contribution in [-0.4, -0.2) is 49.7 Å². The van der Waals surface area contributed by atoms with Gasteiger partial charge in [-0.2, -0.15) is 0 Å². The molecular weight excluding hydrogens is 484 g/mol. The van der Waals surface area contributed by atoms with Gasteiger partial charge in [0.15, 0.2) is 0 Å². The Hall–Kier alpha value is -3.39. The number of carbonyl (C=O) groups excluding carboxylic acids is 3. The predicted octanol–water partition coefficient (Wildman–Crippen LogP) is 4.41. The molecule has 38 heavy (non-hydrogen) atoms. The van der Waals surface area contributed by atoms with Gasteiger partial charge in [0, 0.05) is 0 Å². The van der Waals surface area contributed by atoms with Crippen molar-refractivity contribution in [1.82, 2.24) is 5.32 Å². The number of carbonyl (C=O) groups is 3. The molecule has 1 N–H and O–H groups in total. The van der Waals surface area contributed by atoms with Crippen molar-refractivity contribution < 1.29 is 28.6 Å². The summed E-state index contributed by atoms with van der Waals surface area (Å²) in [6.07, 6.45) is 7.56. The van der Waals surface area contributed by atoms with E-state index in [9.17, 15) is 14.4 Å². The minimum atomic E-state index is -0.829. The van der Waals surface area contributed by atoms with E-state index in [1.165, 1.54) is 37.0 Å². The van der Waals surface area contributed by atoms with Gasteiger partial charge in [-0.05, 0) is 43.4 Å². The number of esters is 2. The van der Waals surface area contributed by atoms with Crippen molar-refractivity contribution in [3.8, 4) is 5.75 Å². The van der Waals surface area contributed by atoms with Crippen LogP contribution in [0.2, 0.25) is 0 Å². The number of hydrogen-bond acceptors (Lipinski definition) is 7. The number of hydrogen-bond donors (Lipinski definition) is 1. The summed E-state index contributed by atoms with van der Waals surface area (Å²) >= 11 is 0. The smallest absolute Gasteiger partial charge is 0.326 e. The second-order valence-electron chi connectivity index (χ2n) is 9.95. The molecule has 2 aliphatic rings. The van der Waals surface area contributed by atoms with Crippen LogP contribution >= 0.6 is 0 Å². The first-order chi connectivity index (χ1) is 18.5. The topological polar surface area (TPSA) is 94.2 Å². The quantitative estimate of drug-likeness (QED) is 0.437. The first-order valence-electron chi connectivity index (χ1n) is 13.7. The number of rotatable bonds is 11. The first kappa shape index (κ1) is 27.6. The molecule has 1 aliphatic heterocycles. The van der Waals surface area contributed by atoms with Gasteiger partial charge < -0.3 is 14.2 Å². The van der Waals surface area contributed by atoms with Crippen molar-refractivity contribution >= 4 is 23.5 Å². The van der Waals surface area contributed by atoms with Gasteiger partial charge in [0.1, 0.15) is 37.6 Å². The highest BCUT2D eigenvalue weighted by Crippen LogP contribution is 2.32. The number of nitrogens with one attached hydrogen (secondary N) is 1. The zero-order valence-corrected chi connectivity index (χ0v) is 22.1. The maximum Gasteiger partial charge on any atom is 0.326 e. The van der Waals surface area contributed by atoms with Crippen LogP contribution in [0.4, 0.5) is 5.69 Å². The molecule has 0 unspecified atom stereocenters. The van der Waals surface area contributed by atoms with Crippen LogP contribution in [0.15, 0.2) is 54.6 Å². The van der Waals surface area contributed by atoms with Crippen molar-refractivity contribution in [2.45, 2.75) is 70.6 Å². The summed E-state index contributed by atoms with van der Waals surface area (Å²) in [4.78, 5) is 40.8. The maximum atomic E-state index is 13.8. The van der Waals surface area contributed by atoms with Gasteiger partial charge >= 0.3 is 11.9 Å². The summed E-state index contributed by atoms with van der Waals surface area (Å²) in [5, 5.41) is 3.22. The molecule has 4 rings (SSSR count). The summed E-state index contributed by atoms with van der Waals surface area (Å²) in [5.41, 5.74) is 1.36. The molecule has 8 heteroatoms. The molecule has 2 atom stereocenters. The molecule has 204 valence electrons. The van der Waals surface area contributed by atoms with Crippen molar-refractivity contribution in [3.05, 3.63) is 60.2 Å². The van der Waals surface area contributed by atoms with Crippen molar-refractivity contribution in [2.75, 3.05) is 24.7 Å². The third kappa shape index (κ3) is 7.57. The number of fused-ring (bicyclic) bond motifs is 1. The van der Waals surface area contributed by atoms with Gasteiger partial charge in [-0.3, -0.25) is 24.6 Å². The number of ether oxygens (including phenoxy) is 3. The molecule has 2 aromatic rings. The number of nitrogens with zero attached hydrogens (tertiary/aromatic N) is 1. The van der Waals surface area contributed by atoms with Gasteiger partial charge in [-0.25, -0.2) is 0 Å². The maximum absolute atomic E-state index is 13.8. The van der Waals surface area contributed by atoms with Crippen LogP contribution in [0.25, 0.3) is 0 Å². The van der Waals surface area contributed by atoms with E-state index in [4.69, 9.17) is 14.2 Å². The fourth-order valence-corrected chi connectivity index (χ4v) is 5.18. The van der Waals surface area contributed by atoms with E-state index in [-0.39, 0.29) is 38.2 Å². The molecule has 0 radical (unpaired) electrons. The number of amides is 1. The second-order valence-corrected chi connectivity index (χ2v) is 9.95. The van der Waals surface area contributed by atoms with Crippen LogP contribution in [-0.2, 0) is 30.5 Å². The Bertz CT molecular complexity index is 1070. The monoisotopic (exact) mass is 522 g/mol. The average Bonchev–Trinajstić information content (AvgIpc) is 3.07. The van der Waals surface area contributed by atoms with Crippen LogP contribution < -0.4 is 15.0 Å². The van der Waals surface area contributed by atoms with Crippen molar-refractivity contribution in [2.24, 2.45) is 5.92 Å². The van der Waals surface area contributed by atoms with E-state index >= 15 is 0 Å². The Morgan fingerprint density at radius 1 is 1.03 bits per heavy atom. The van der Waals surface area contributed by atoms with E-state index < -0.39 is 18.1 Å². The van der Waals surface area contributed by atoms with Gasteiger partial charge in [0.2, 0.25) is 5.91 Å². The zero-order valence-electron chi connectivity index (χ0n) is 22.1. The Morgan fingerprint density at radius 3 is 2.53 bits per heavy atom. The van der Waals surface area contributed by atoms with Crippen LogP contribution in [0.3, 0.4) is 0 Å². The largest absolute Gasteiger partial charge is 0.489 e. The number of para-hydroxylation sites is 2. The Balaban J connectivity index is 1.46. The highest BCUT2D eigenvalue weighted by molar-refractivity contribution is 6.02. The third-order valence-corrected chi connectivity index (χ3v) is 7.22. The van der Waals surface area contributed by atoms with E-state index in [1.807, 2.05) is 36.4 Å². The molecule has 0 spiro atoms. The molecule has 1 aliphatic carbocycles. The van der Waals surface area contributed by atoms with Gasteiger partial charge in [-0.1, -0.05) is 74.6 Å². The van der Waals surface area contributed by atoms with Crippen molar-refractivity contribution in [3.63, 3.8) is 0 Å². The zero-order chi connectivity index (χ0) is 26.7. The SMILES string of the molecule is CCOC(=O)[C@H](CCC1CCCCC1)N[C@H]1COc2ccccc2N(CC(=O)OCc2ccccc2)C1=O. The van der Waals surface area contributed by atoms with Crippen LogP contribution in [0, 0.1) is 5.92 Å². The van der Waals surface area contributed by atoms with E-state index in [2.05, 4.69) is 5.32 Å². The molecule has 1 heterocycles. The second kappa shape index (κ2) is 14.0. The lowest BCUT2D eigenvalue weighted by Gasteiger charge is -2.28. The Labute approximate surface area is 224 Å². The molecule has 8 nitrogen and oxygen atoms in total. The van der Waals surface area contributed by atoms with Crippen LogP contribution in [0.5, 0.6) is 5.75 Å². The summed E-state index contributed by atoms with van der Waals surface area (Å²) in [6.45, 7) is 1.92. The molecule has 0 bridgehead atoms. The highest BCUT2D eigenvalue weighted by atomic mass is 16.5. The minimum absolute atomic E-state index is 0.0325. The molecule has 0 saturated heterocycles. The lowest BCUT2D eigenvalue weighted by molar-refractivity contribution is -0.147. The molecule has 0 aromatic heterocycles. The van der Waals surface area contributed by atoms with Gasteiger partial charge in [-0.15, -0.1) is 0 Å². The van der Waals surface area contributed by atoms with E-state index in [0.717, 1.165) is 12.0 Å². The molecule has 1 fully saturated rings. The molecule has 1 saturated carbocycles. The molecule has 2 aromatic carbocycles. The standard InChI is InChI=1S/C30H38N2O6/c1-2-36-30(35)24(18-17-22-11-5-3-6-12-22)31-25-21-37-27-16-10-9-15-26(27)32(29(25)34)19-28(33)38-20-23-13-7-4-8-14-23/h4,7-10,13-16,22,24-25,31H,2-3,5-6,11-12,17-21H2,1H3/t24-,25-/m0/s1. The van der Waals surface area contributed by atoms with E-state index in [0.29, 0.717) is 23.8 Å². The summed E-state index contributed by atoms with van der Waals surface area (Å²) < 4.78 is 16.8. The lowest BCUT2D eigenvalue weighted by Crippen LogP contribution is -2.55. The minimum Gasteiger partial charge on any atom is -0.489 e. The predicted molar refractivity (Wildman–Crippen MR) is 144 cm³/mol. The first-order valence-corrected chi connectivity index (χ1v) is 13.7. The average molecular weight is 523 g/mol. The Kier molecular flexibility index (Phi) is 10.1. The van der Waals surface area contributed by atoms with Crippen molar-refractivity contribution in [1.29, 1.82) is 0 Å². The van der Waals surface area contributed by atoms with Crippen LogP contribution in [0.1, 0.15) is 57.4 Å². The fourth-order valence-electron chi connectivity index (χ4n) is 5.18. The summed E-state index contributed by atoms with van der Waals surface area (Å²) in [5.74, 6) is -0.165. The number of anilines is 1. The number of benzene rings is 2.